The number of hydrogen-bond donors (Lipinski definition) is 8. The van der Waals surface area contributed by atoms with Crippen molar-refractivity contribution in [1.29, 1.82) is 0 Å². The normalized spacial score (nSPS) is 22.3. The standard InChI is InChI=1S/C46H53ClN6O8S.C37H43ClN6O8S/c1-8-28-24-46(28,43(57)52-62(58,59)33-19-20-33)51-40(55)36-23-32(61-41-35-22-30(47)16-21-34(35)37(60-7)25-48-41)26-53(36)42(56)38(44(2,3)4)49-31-17-14-27(15-18-31)39(54)50-45(5,6)29-12-10-9-11-13-29;1-6-21-17-37(21,35(48)43-53(49,50)25-12-13-25)42-32(46)28-16-24(52-33-27-15-22(38)9-14-26(27)29(51-5)18-40-33)19-44(28)34(47)30(36(2,3)4)41-23-10-7-20(8-11-23)31(39)45/h8-18,21-22,25,28,32-33,36,38,49H,1,19-20,23-24,26H2,2-7H3,(H,50,54)(H,51,55)(H,52,57);6-11,14-15,18,21,24-25,28,30,41H,1,12-13,16-17,19H2,2-5H3,(H2,39,45)(H,42,46)(H,43,48)/t28-,32-,36+,38-,46-;21-,24-,28+,30-,37-/m11/s1. The second-order valence-electron chi connectivity index (χ2n) is 32.8. The number of methoxy groups -OCH3 is 2. The summed E-state index contributed by atoms with van der Waals surface area (Å²) in [5.41, 5.74) is 3.05. The lowest BCUT2D eigenvalue weighted by Crippen LogP contribution is -2.58. The van der Waals surface area contributed by atoms with Gasteiger partial charge in [-0.1, -0.05) is 107 Å². The minimum absolute atomic E-state index is 0.0180. The first kappa shape index (κ1) is 83.9. The maximum atomic E-state index is 15.0. The first-order valence-corrected chi connectivity index (χ1v) is 41.7. The summed E-state index contributed by atoms with van der Waals surface area (Å²) in [6.07, 6.45) is 6.70. The van der Waals surface area contributed by atoms with Gasteiger partial charge < -0.3 is 61.1 Å². The quantitative estimate of drug-likeness (QED) is 0.0211. The Bertz CT molecular complexity index is 5240. The molecular weight excluding hydrogens is 1560 g/mol. The Labute approximate surface area is 678 Å². The molecule has 4 heterocycles. The van der Waals surface area contributed by atoms with Gasteiger partial charge in [0.2, 0.25) is 61.3 Å². The van der Waals surface area contributed by atoms with Gasteiger partial charge in [0.25, 0.3) is 17.7 Å². The Morgan fingerprint density at radius 1 is 0.557 bits per heavy atom. The van der Waals surface area contributed by atoms with Crippen molar-refractivity contribution >= 4 is 123 Å². The molecule has 6 fully saturated rings. The van der Waals surface area contributed by atoms with E-state index in [2.05, 4.69) is 59.2 Å². The van der Waals surface area contributed by atoms with Crippen molar-refractivity contribution in [2.45, 2.75) is 170 Å². The zero-order valence-corrected chi connectivity index (χ0v) is 68.7. The predicted octanol–water partition coefficient (Wildman–Crippen LogP) is 9.65. The average Bonchev–Trinajstić information content (AvgIpc) is 1.58. The fourth-order valence-corrected chi connectivity index (χ4v) is 17.7. The van der Waals surface area contributed by atoms with Crippen LogP contribution in [0.3, 0.4) is 0 Å². The lowest BCUT2D eigenvalue weighted by atomic mass is 9.85. The molecule has 4 aliphatic carbocycles. The molecule has 8 amide bonds. The van der Waals surface area contributed by atoms with Crippen LogP contribution < -0.4 is 60.7 Å². The van der Waals surface area contributed by atoms with Crippen LogP contribution in [-0.2, 0) is 54.4 Å². The van der Waals surface area contributed by atoms with Gasteiger partial charge in [0.05, 0.1) is 55.7 Å². The summed E-state index contributed by atoms with van der Waals surface area (Å²) in [6, 6.07) is 29.2. The molecule has 2 aliphatic heterocycles. The number of amides is 8. The summed E-state index contributed by atoms with van der Waals surface area (Å²) in [4.78, 5) is 122. The Hall–Kier alpha value is -10.6. The number of pyridine rings is 2. The van der Waals surface area contributed by atoms with Gasteiger partial charge >= 0.3 is 0 Å². The third-order valence-corrected chi connectivity index (χ3v) is 25.9. The highest BCUT2D eigenvalue weighted by atomic mass is 35.5. The highest BCUT2D eigenvalue weighted by Gasteiger charge is 2.64. The van der Waals surface area contributed by atoms with Crippen LogP contribution in [-0.4, -0.2) is 169 Å². The Morgan fingerprint density at radius 3 is 1.30 bits per heavy atom. The van der Waals surface area contributed by atoms with E-state index in [-0.39, 0.29) is 56.4 Å². The van der Waals surface area contributed by atoms with Crippen LogP contribution in [0.2, 0.25) is 10.0 Å². The van der Waals surface area contributed by atoms with Gasteiger partial charge in [-0.3, -0.25) is 47.8 Å². The van der Waals surface area contributed by atoms with Gasteiger partial charge in [-0.25, -0.2) is 26.8 Å². The minimum Gasteiger partial charge on any atom is -0.494 e. The predicted molar refractivity (Wildman–Crippen MR) is 436 cm³/mol. The monoisotopic (exact) mass is 1650 g/mol. The largest absolute Gasteiger partial charge is 0.494 e. The maximum absolute atomic E-state index is 15.0. The number of halogens is 2. The van der Waals surface area contributed by atoms with Crippen molar-refractivity contribution < 1.29 is 74.1 Å². The van der Waals surface area contributed by atoms with Crippen LogP contribution in [0, 0.1) is 22.7 Å². The number of rotatable bonds is 28. The minimum atomic E-state index is -3.92. The number of fused-ring (bicyclic) bond motifs is 2. The number of nitrogens with one attached hydrogen (secondary N) is 7. The van der Waals surface area contributed by atoms with Crippen molar-refractivity contribution in [3.63, 3.8) is 0 Å². The van der Waals surface area contributed by atoms with Crippen molar-refractivity contribution in [3.05, 3.63) is 180 Å². The number of nitrogens with zero attached hydrogens (tertiary/aromatic N) is 4. The fourth-order valence-electron chi connectivity index (χ4n) is 14.6. The summed E-state index contributed by atoms with van der Waals surface area (Å²) in [7, 11) is -4.78. The first-order valence-electron chi connectivity index (χ1n) is 37.8. The number of aromatic nitrogens is 2. The fraction of sp³-hybridized carbons (Fsp3) is 0.422. The molecule has 0 bridgehead atoms. The highest BCUT2D eigenvalue weighted by Crippen LogP contribution is 2.48. The van der Waals surface area contributed by atoms with E-state index in [4.69, 9.17) is 47.9 Å². The molecular formula is C83H96Cl2N12O16S2. The molecule has 7 aromatic rings. The van der Waals surface area contributed by atoms with E-state index >= 15 is 0 Å². The highest BCUT2D eigenvalue weighted by molar-refractivity contribution is 7.91. The number of anilines is 2. The SMILES string of the molecule is C=C[C@@H]1C[C@]1(NC(=O)[C@@H]1C[C@@H](Oc2ncc(OC)c3ccc(Cl)cc23)CN1C(=O)[C@@H](Nc1ccc(C(=O)NC(C)(C)c2ccccc2)cc1)C(C)(C)C)C(=O)NS(=O)(=O)C1CC1.C=C[C@@H]1C[C@]1(NC(=O)[C@@H]1C[C@@H](Oc2ncc(OC)c3ccc(Cl)cc23)CN1C(=O)[C@@H](Nc1ccc(C(N)=O)cc1)C(C)(C)C)C(=O)NS(=O)(=O)C1CC1. The summed E-state index contributed by atoms with van der Waals surface area (Å²) >= 11 is 12.7. The second kappa shape index (κ2) is 32.6. The number of hydrogen-bond acceptors (Lipinski definition) is 20. The van der Waals surface area contributed by atoms with Gasteiger partial charge in [0.1, 0.15) is 59.0 Å². The molecule has 4 saturated carbocycles. The van der Waals surface area contributed by atoms with E-state index in [1.54, 1.807) is 84.9 Å². The summed E-state index contributed by atoms with van der Waals surface area (Å²) in [6.45, 7) is 22.7. The maximum Gasteiger partial charge on any atom is 0.259 e. The molecule has 32 heteroatoms. The molecule has 610 valence electrons. The molecule has 115 heavy (non-hydrogen) atoms. The van der Waals surface area contributed by atoms with Crippen LogP contribution in [0.1, 0.15) is 133 Å². The second-order valence-corrected chi connectivity index (χ2v) is 37.6. The number of primary amides is 1. The third-order valence-electron chi connectivity index (χ3n) is 21.8. The van der Waals surface area contributed by atoms with E-state index in [0.717, 1.165) is 5.56 Å². The smallest absolute Gasteiger partial charge is 0.259 e. The molecule has 0 spiro atoms. The van der Waals surface area contributed by atoms with Gasteiger partial charge in [-0.15, -0.1) is 13.2 Å². The van der Waals surface area contributed by atoms with Gasteiger partial charge in [0.15, 0.2) is 0 Å². The first-order chi connectivity index (χ1) is 54.2. The van der Waals surface area contributed by atoms with Crippen molar-refractivity contribution in [2.75, 3.05) is 37.9 Å². The topological polar surface area (TPSA) is 384 Å². The molecule has 0 unspecified atom stereocenters. The van der Waals surface area contributed by atoms with Crippen LogP contribution in [0.5, 0.6) is 23.3 Å². The van der Waals surface area contributed by atoms with E-state index in [1.807, 2.05) is 85.7 Å². The van der Waals surface area contributed by atoms with Crippen molar-refractivity contribution in [1.82, 2.24) is 45.2 Å². The van der Waals surface area contributed by atoms with Crippen LogP contribution in [0.25, 0.3) is 21.5 Å². The molecule has 2 saturated heterocycles. The lowest BCUT2D eigenvalue weighted by Gasteiger charge is -2.36. The zero-order valence-electron chi connectivity index (χ0n) is 65.5. The Kier molecular flexibility index (Phi) is 23.8. The Morgan fingerprint density at radius 2 is 0.948 bits per heavy atom. The number of sulfonamides is 2. The molecule has 0 radical (unpaired) electrons. The number of ether oxygens (including phenoxy) is 4. The zero-order chi connectivity index (χ0) is 83.2. The third kappa shape index (κ3) is 18.4. The molecule has 5 aromatic carbocycles. The summed E-state index contributed by atoms with van der Waals surface area (Å²) in [5.74, 6) is -4.30. The van der Waals surface area contributed by atoms with E-state index in [0.29, 0.717) is 91.3 Å². The van der Waals surface area contributed by atoms with Crippen molar-refractivity contribution in [2.24, 2.45) is 28.4 Å². The number of carbonyl (C=O) groups excluding carboxylic acids is 8. The van der Waals surface area contributed by atoms with Crippen LogP contribution >= 0.6 is 23.2 Å². The summed E-state index contributed by atoms with van der Waals surface area (Å²) < 4.78 is 79.3. The van der Waals surface area contributed by atoms with E-state index < -0.39 is 148 Å². The number of likely N-dealkylation sites (tertiary alicyclic amines) is 2. The molecule has 28 nitrogen and oxygen atoms in total. The number of nitrogens with two attached hydrogens (primary N) is 1. The summed E-state index contributed by atoms with van der Waals surface area (Å²) in [5, 5.41) is 17.5. The van der Waals surface area contributed by atoms with E-state index in [1.165, 1.54) is 48.6 Å². The number of carbonyl (C=O) groups is 8. The van der Waals surface area contributed by atoms with Gasteiger partial charge in [-0.2, -0.15) is 0 Å². The molecule has 2 aromatic heterocycles. The van der Waals surface area contributed by atoms with Crippen molar-refractivity contribution in [3.8, 4) is 23.3 Å². The van der Waals surface area contributed by atoms with Gasteiger partial charge in [-0.05, 0) is 154 Å². The molecule has 6 aliphatic rings. The van der Waals surface area contributed by atoms with Gasteiger partial charge in [0, 0.05) is 78.8 Å². The van der Waals surface area contributed by atoms with E-state index in [9.17, 15) is 55.2 Å². The van der Waals surface area contributed by atoms with Crippen LogP contribution in [0.15, 0.2) is 153 Å². The molecule has 9 N–H and O–H groups in total. The molecule has 10 atom stereocenters. The molecule has 13 rings (SSSR count). The average molecular weight is 1650 g/mol. The lowest BCUT2D eigenvalue weighted by molar-refractivity contribution is -0.141. The Balaban J connectivity index is 0.000000215. The van der Waals surface area contributed by atoms with Crippen LogP contribution in [0.4, 0.5) is 11.4 Å². The number of benzene rings is 5.